The summed E-state index contributed by atoms with van der Waals surface area (Å²) in [5.41, 5.74) is 4.47. The Kier molecular flexibility index (Phi) is 5.46. The lowest BCUT2D eigenvalue weighted by molar-refractivity contribution is -0.120. The number of hydrogen-bond acceptors (Lipinski definition) is 3. The van der Waals surface area contributed by atoms with E-state index in [0.717, 1.165) is 17.5 Å². The normalized spacial score (nSPS) is 10.7. The molecule has 1 amide bonds. The fourth-order valence-electron chi connectivity index (χ4n) is 3.07. The van der Waals surface area contributed by atoms with Crippen LogP contribution in [0.25, 0.3) is 10.9 Å². The summed E-state index contributed by atoms with van der Waals surface area (Å²) < 4.78 is 10.5. The molecule has 5 nitrogen and oxygen atoms in total. The van der Waals surface area contributed by atoms with Crippen molar-refractivity contribution >= 4 is 16.8 Å². The number of H-pyrrole nitrogens is 1. The van der Waals surface area contributed by atoms with Gasteiger partial charge in [-0.3, -0.25) is 4.79 Å². The van der Waals surface area contributed by atoms with Gasteiger partial charge in [-0.05, 0) is 48.7 Å². The standard InChI is InChI=1S/C21H24N2O3/c1-14-4-6-18-17(10-14)16(13-23-18)8-9-22-21(24)12-15-5-7-19(25-2)20(11-15)26-3/h4-7,10-11,13,23H,8-9,12H2,1-3H3,(H,22,24). The van der Waals surface area contributed by atoms with Gasteiger partial charge in [-0.2, -0.15) is 0 Å². The largest absolute Gasteiger partial charge is 0.493 e. The second-order valence-electron chi connectivity index (χ2n) is 6.33. The second kappa shape index (κ2) is 7.95. The van der Waals surface area contributed by atoms with Crippen molar-refractivity contribution in [3.05, 3.63) is 59.3 Å². The van der Waals surface area contributed by atoms with Gasteiger partial charge in [-0.25, -0.2) is 0 Å². The molecule has 3 aromatic rings. The van der Waals surface area contributed by atoms with Crippen LogP contribution < -0.4 is 14.8 Å². The van der Waals surface area contributed by atoms with Crippen molar-refractivity contribution in [3.63, 3.8) is 0 Å². The number of ether oxygens (including phenoxy) is 2. The van der Waals surface area contributed by atoms with Gasteiger partial charge in [0.15, 0.2) is 11.5 Å². The van der Waals surface area contributed by atoms with Crippen molar-refractivity contribution in [2.24, 2.45) is 0 Å². The highest BCUT2D eigenvalue weighted by molar-refractivity contribution is 5.84. The first kappa shape index (κ1) is 17.9. The van der Waals surface area contributed by atoms with Crippen LogP contribution in [0.15, 0.2) is 42.6 Å². The van der Waals surface area contributed by atoms with Crippen LogP contribution in [0.4, 0.5) is 0 Å². The Balaban J connectivity index is 1.56. The summed E-state index contributed by atoms with van der Waals surface area (Å²) in [5, 5.41) is 4.21. The minimum atomic E-state index is -0.00626. The molecular weight excluding hydrogens is 328 g/mol. The molecule has 0 saturated carbocycles. The number of methoxy groups -OCH3 is 2. The van der Waals surface area contributed by atoms with E-state index in [-0.39, 0.29) is 5.91 Å². The molecule has 2 aromatic carbocycles. The lowest BCUT2D eigenvalue weighted by Gasteiger charge is -2.10. The molecule has 0 fully saturated rings. The van der Waals surface area contributed by atoms with Gasteiger partial charge in [0.2, 0.25) is 5.91 Å². The van der Waals surface area contributed by atoms with Crippen LogP contribution in [-0.4, -0.2) is 31.7 Å². The van der Waals surface area contributed by atoms with Gasteiger partial charge in [0, 0.05) is 23.6 Å². The van der Waals surface area contributed by atoms with E-state index in [9.17, 15) is 4.79 Å². The van der Waals surface area contributed by atoms with Gasteiger partial charge in [-0.1, -0.05) is 17.7 Å². The first-order chi connectivity index (χ1) is 12.6. The summed E-state index contributed by atoms with van der Waals surface area (Å²) in [6.45, 7) is 2.69. The van der Waals surface area contributed by atoms with E-state index in [1.807, 2.05) is 24.4 Å². The minimum Gasteiger partial charge on any atom is -0.493 e. The number of nitrogens with one attached hydrogen (secondary N) is 2. The molecular formula is C21H24N2O3. The number of carbonyl (C=O) groups excluding carboxylic acids is 1. The highest BCUT2D eigenvalue weighted by Crippen LogP contribution is 2.27. The van der Waals surface area contributed by atoms with Crippen LogP contribution in [0.5, 0.6) is 11.5 Å². The fraction of sp³-hybridized carbons (Fsp3) is 0.286. The summed E-state index contributed by atoms with van der Waals surface area (Å²) in [7, 11) is 3.18. The Morgan fingerprint density at radius 2 is 1.88 bits per heavy atom. The van der Waals surface area contributed by atoms with Crippen molar-refractivity contribution in [3.8, 4) is 11.5 Å². The van der Waals surface area contributed by atoms with Crippen LogP contribution in [0.2, 0.25) is 0 Å². The van der Waals surface area contributed by atoms with Crippen LogP contribution in [0, 0.1) is 6.92 Å². The van der Waals surface area contributed by atoms with Gasteiger partial charge >= 0.3 is 0 Å². The van der Waals surface area contributed by atoms with E-state index in [2.05, 4.69) is 35.4 Å². The minimum absolute atomic E-state index is 0.00626. The van der Waals surface area contributed by atoms with Crippen LogP contribution in [-0.2, 0) is 17.6 Å². The molecule has 5 heteroatoms. The maximum Gasteiger partial charge on any atom is 0.224 e. The predicted molar refractivity (Wildman–Crippen MR) is 103 cm³/mol. The Morgan fingerprint density at radius 3 is 2.65 bits per heavy atom. The van der Waals surface area contributed by atoms with E-state index in [4.69, 9.17) is 9.47 Å². The molecule has 0 bridgehead atoms. The number of carbonyl (C=O) groups is 1. The fourth-order valence-corrected chi connectivity index (χ4v) is 3.07. The molecule has 0 aliphatic carbocycles. The Hall–Kier alpha value is -2.95. The van der Waals surface area contributed by atoms with Crippen LogP contribution in [0.3, 0.4) is 0 Å². The van der Waals surface area contributed by atoms with Crippen molar-refractivity contribution < 1.29 is 14.3 Å². The highest BCUT2D eigenvalue weighted by Gasteiger charge is 2.09. The van der Waals surface area contributed by atoms with E-state index in [1.165, 1.54) is 16.5 Å². The number of rotatable bonds is 7. The maximum atomic E-state index is 12.2. The van der Waals surface area contributed by atoms with E-state index >= 15 is 0 Å². The molecule has 0 saturated heterocycles. The topological polar surface area (TPSA) is 63.3 Å². The molecule has 0 unspecified atom stereocenters. The molecule has 0 aliphatic rings. The summed E-state index contributed by atoms with van der Waals surface area (Å²) >= 11 is 0. The van der Waals surface area contributed by atoms with Crippen molar-refractivity contribution in [2.45, 2.75) is 19.8 Å². The summed E-state index contributed by atoms with van der Waals surface area (Å²) in [5.74, 6) is 1.28. The zero-order valence-electron chi connectivity index (χ0n) is 15.4. The molecule has 0 spiro atoms. The summed E-state index contributed by atoms with van der Waals surface area (Å²) in [6.07, 6.45) is 3.12. The average Bonchev–Trinajstić information content (AvgIpc) is 3.03. The Bertz CT molecular complexity index is 915. The number of amides is 1. The number of hydrogen-bond donors (Lipinski definition) is 2. The number of aromatic nitrogens is 1. The smallest absolute Gasteiger partial charge is 0.224 e. The Labute approximate surface area is 153 Å². The van der Waals surface area contributed by atoms with Gasteiger partial charge in [0.05, 0.1) is 20.6 Å². The molecule has 0 atom stereocenters. The number of fused-ring (bicyclic) bond motifs is 1. The monoisotopic (exact) mass is 352 g/mol. The van der Waals surface area contributed by atoms with Gasteiger partial charge < -0.3 is 19.8 Å². The van der Waals surface area contributed by atoms with Crippen LogP contribution >= 0.6 is 0 Å². The second-order valence-corrected chi connectivity index (χ2v) is 6.33. The third-order valence-corrected chi connectivity index (χ3v) is 4.45. The molecule has 26 heavy (non-hydrogen) atoms. The zero-order valence-corrected chi connectivity index (χ0v) is 15.4. The van der Waals surface area contributed by atoms with Crippen LogP contribution in [0.1, 0.15) is 16.7 Å². The quantitative estimate of drug-likeness (QED) is 0.685. The third kappa shape index (κ3) is 3.99. The van der Waals surface area contributed by atoms with Gasteiger partial charge in [0.1, 0.15) is 0 Å². The van der Waals surface area contributed by atoms with Crippen molar-refractivity contribution in [2.75, 3.05) is 20.8 Å². The number of aryl methyl sites for hydroxylation is 1. The average molecular weight is 352 g/mol. The molecule has 3 rings (SSSR count). The van der Waals surface area contributed by atoms with E-state index in [1.54, 1.807) is 14.2 Å². The van der Waals surface area contributed by atoms with Crippen molar-refractivity contribution in [1.82, 2.24) is 10.3 Å². The lowest BCUT2D eigenvalue weighted by Crippen LogP contribution is -2.27. The summed E-state index contributed by atoms with van der Waals surface area (Å²) in [4.78, 5) is 15.5. The molecule has 136 valence electrons. The zero-order chi connectivity index (χ0) is 18.5. The maximum absolute atomic E-state index is 12.2. The van der Waals surface area contributed by atoms with Crippen molar-refractivity contribution in [1.29, 1.82) is 0 Å². The summed E-state index contributed by atoms with van der Waals surface area (Å²) in [6, 6.07) is 11.9. The SMILES string of the molecule is COc1ccc(CC(=O)NCCc2c[nH]c3ccc(C)cc23)cc1OC. The number of benzene rings is 2. The molecule has 0 aliphatic heterocycles. The Morgan fingerprint density at radius 1 is 1.08 bits per heavy atom. The first-order valence-electron chi connectivity index (χ1n) is 8.65. The third-order valence-electron chi connectivity index (χ3n) is 4.45. The molecule has 1 aromatic heterocycles. The highest BCUT2D eigenvalue weighted by atomic mass is 16.5. The van der Waals surface area contributed by atoms with Gasteiger partial charge in [0.25, 0.3) is 0 Å². The number of aromatic amines is 1. The lowest BCUT2D eigenvalue weighted by atomic mass is 10.1. The molecule has 0 radical (unpaired) electrons. The first-order valence-corrected chi connectivity index (χ1v) is 8.65. The van der Waals surface area contributed by atoms with Gasteiger partial charge in [-0.15, -0.1) is 0 Å². The van der Waals surface area contributed by atoms with E-state index < -0.39 is 0 Å². The predicted octanol–water partition coefficient (Wildman–Crippen LogP) is 3.39. The molecule has 2 N–H and O–H groups in total. The van der Waals surface area contributed by atoms with E-state index in [0.29, 0.717) is 24.5 Å². The molecule has 1 heterocycles.